The van der Waals surface area contributed by atoms with E-state index in [0.717, 1.165) is 11.1 Å². The summed E-state index contributed by atoms with van der Waals surface area (Å²) in [5, 5.41) is 2.61. The van der Waals surface area contributed by atoms with Crippen molar-refractivity contribution in [3.05, 3.63) is 34.4 Å². The van der Waals surface area contributed by atoms with E-state index in [9.17, 15) is 18.0 Å². The van der Waals surface area contributed by atoms with Gasteiger partial charge < -0.3 is 14.8 Å². The highest BCUT2D eigenvalue weighted by molar-refractivity contribution is 7.89. The number of hydrogen-bond acceptors (Lipinski definition) is 6. The monoisotopic (exact) mass is 446 g/mol. The number of rotatable bonds is 8. The largest absolute Gasteiger partial charge is 0.457 e. The Morgan fingerprint density at radius 2 is 2.03 bits per heavy atom. The molecule has 29 heavy (non-hydrogen) atoms. The molecule has 0 fully saturated rings. The minimum absolute atomic E-state index is 0.0244. The van der Waals surface area contributed by atoms with Gasteiger partial charge in [0.05, 0.1) is 17.4 Å². The quantitative estimate of drug-likeness (QED) is 0.469. The maximum Gasteiger partial charge on any atom is 0.407 e. The van der Waals surface area contributed by atoms with Crippen molar-refractivity contribution in [1.29, 1.82) is 0 Å². The molecular weight excluding hydrogens is 420 g/mol. The van der Waals surface area contributed by atoms with Crippen LogP contribution < -0.4 is 10.0 Å². The van der Waals surface area contributed by atoms with Crippen LogP contribution >= 0.6 is 11.6 Å². The van der Waals surface area contributed by atoms with Gasteiger partial charge in [0.25, 0.3) is 0 Å². The minimum Gasteiger partial charge on any atom is -0.457 e. The molecular formula is C19H27ClN2O6S. The van der Waals surface area contributed by atoms with Crippen molar-refractivity contribution in [3.63, 3.8) is 0 Å². The number of amides is 1. The fraction of sp³-hybridized carbons (Fsp3) is 0.579. The molecule has 1 amide bonds. The Morgan fingerprint density at radius 3 is 2.66 bits per heavy atom. The van der Waals surface area contributed by atoms with Crippen LogP contribution in [-0.2, 0) is 26.1 Å². The van der Waals surface area contributed by atoms with Crippen molar-refractivity contribution in [2.24, 2.45) is 0 Å². The van der Waals surface area contributed by atoms with Gasteiger partial charge in [-0.15, -0.1) is 11.6 Å². The molecule has 1 atom stereocenters. The summed E-state index contributed by atoms with van der Waals surface area (Å²) in [6.45, 7) is 7.12. The molecule has 0 bridgehead atoms. The Labute approximate surface area is 176 Å². The molecule has 1 aromatic rings. The first-order valence-electron chi connectivity index (χ1n) is 9.26. The van der Waals surface area contributed by atoms with Crippen LogP contribution in [0, 0.1) is 6.92 Å². The molecule has 0 aromatic heterocycles. The standard InChI is InChI=1S/C19H27ClN2O6S/c1-12-13(6-7-14-15(12)11-27-17(14)23)16(22-29(25,26)9-5-8-20)10-21-18(24)28-19(2,3)4/h6-7,16,22H,5,8-11H2,1-4H3,(H,21,24)/t16-/m0/s1. The third-order valence-electron chi connectivity index (χ3n) is 4.30. The van der Waals surface area contributed by atoms with Crippen LogP contribution in [-0.4, -0.2) is 44.3 Å². The number of ether oxygens (including phenoxy) is 2. The molecule has 0 saturated heterocycles. The van der Waals surface area contributed by atoms with Gasteiger partial charge in [-0.1, -0.05) is 6.07 Å². The predicted molar refractivity (Wildman–Crippen MR) is 110 cm³/mol. The number of esters is 1. The molecule has 8 nitrogen and oxygen atoms in total. The Bertz CT molecular complexity index is 879. The number of alkyl carbamates (subject to hydrolysis) is 1. The van der Waals surface area contributed by atoms with Crippen LogP contribution in [0.15, 0.2) is 12.1 Å². The number of nitrogens with one attached hydrogen (secondary N) is 2. The highest BCUT2D eigenvalue weighted by Crippen LogP contribution is 2.29. The summed E-state index contributed by atoms with van der Waals surface area (Å²) in [5.74, 6) is -0.315. The number of alkyl halides is 1. The fourth-order valence-corrected chi connectivity index (χ4v) is 4.56. The lowest BCUT2D eigenvalue weighted by molar-refractivity contribution is 0.0517. The Morgan fingerprint density at radius 1 is 1.34 bits per heavy atom. The lowest BCUT2D eigenvalue weighted by Gasteiger charge is -2.24. The van der Waals surface area contributed by atoms with Gasteiger partial charge in [-0.3, -0.25) is 0 Å². The zero-order chi connectivity index (χ0) is 21.8. The molecule has 1 aliphatic heterocycles. The summed E-state index contributed by atoms with van der Waals surface area (Å²) in [5.41, 5.74) is 1.89. The van der Waals surface area contributed by atoms with E-state index in [1.807, 2.05) is 0 Å². The molecule has 0 spiro atoms. The third-order valence-corrected chi connectivity index (χ3v) is 6.04. The second-order valence-electron chi connectivity index (χ2n) is 7.80. The zero-order valence-electron chi connectivity index (χ0n) is 17.0. The molecule has 2 rings (SSSR count). The maximum atomic E-state index is 12.5. The van der Waals surface area contributed by atoms with Crippen molar-refractivity contribution >= 4 is 33.7 Å². The Hall–Kier alpha value is -1.84. The number of halogens is 1. The Balaban J connectivity index is 2.28. The molecule has 0 unspecified atom stereocenters. The number of sulfonamides is 1. The Kier molecular flexibility index (Phi) is 7.53. The van der Waals surface area contributed by atoms with Crippen molar-refractivity contribution in [2.45, 2.75) is 52.4 Å². The average Bonchev–Trinajstić information content (AvgIpc) is 2.98. The lowest BCUT2D eigenvalue weighted by Crippen LogP contribution is -2.41. The van der Waals surface area contributed by atoms with E-state index in [-0.39, 0.29) is 24.8 Å². The van der Waals surface area contributed by atoms with Gasteiger partial charge in [0.1, 0.15) is 12.2 Å². The summed E-state index contributed by atoms with van der Waals surface area (Å²) in [6.07, 6.45) is -0.353. The van der Waals surface area contributed by atoms with Gasteiger partial charge in [0.2, 0.25) is 10.0 Å². The maximum absolute atomic E-state index is 12.5. The number of carbonyl (C=O) groups excluding carboxylic acids is 2. The third kappa shape index (κ3) is 6.58. The van der Waals surface area contributed by atoms with Gasteiger partial charge >= 0.3 is 12.1 Å². The van der Waals surface area contributed by atoms with Crippen molar-refractivity contribution in [1.82, 2.24) is 10.0 Å². The highest BCUT2D eigenvalue weighted by Gasteiger charge is 2.28. The molecule has 1 heterocycles. The number of carbonyl (C=O) groups is 2. The molecule has 0 aliphatic carbocycles. The molecule has 1 aliphatic rings. The van der Waals surface area contributed by atoms with E-state index in [0.29, 0.717) is 17.5 Å². The van der Waals surface area contributed by atoms with Crippen LogP contribution in [0.25, 0.3) is 0 Å². The van der Waals surface area contributed by atoms with Crippen LogP contribution in [0.2, 0.25) is 0 Å². The number of hydrogen-bond donors (Lipinski definition) is 2. The van der Waals surface area contributed by atoms with Gasteiger partial charge in [-0.05, 0) is 51.3 Å². The minimum atomic E-state index is -3.64. The van der Waals surface area contributed by atoms with E-state index in [2.05, 4.69) is 10.0 Å². The van der Waals surface area contributed by atoms with Crippen LogP contribution in [0.4, 0.5) is 4.79 Å². The van der Waals surface area contributed by atoms with Gasteiger partial charge in [-0.25, -0.2) is 22.7 Å². The topological polar surface area (TPSA) is 111 Å². The molecule has 10 heteroatoms. The molecule has 162 valence electrons. The summed E-state index contributed by atoms with van der Waals surface area (Å²) in [4.78, 5) is 23.8. The molecule has 0 saturated carbocycles. The number of cyclic esters (lactones) is 1. The van der Waals surface area contributed by atoms with Crippen molar-refractivity contribution in [2.75, 3.05) is 18.2 Å². The molecule has 0 radical (unpaired) electrons. The highest BCUT2D eigenvalue weighted by atomic mass is 35.5. The second-order valence-corrected chi connectivity index (χ2v) is 10.0. The predicted octanol–water partition coefficient (Wildman–Crippen LogP) is 2.78. The van der Waals surface area contributed by atoms with E-state index in [1.165, 1.54) is 0 Å². The number of fused-ring (bicyclic) bond motifs is 1. The smallest absolute Gasteiger partial charge is 0.407 e. The SMILES string of the molecule is Cc1c([C@H](CNC(=O)OC(C)(C)C)NS(=O)(=O)CCCCl)ccc2c1COC2=O. The lowest BCUT2D eigenvalue weighted by atomic mass is 9.94. The first kappa shape index (κ1) is 23.4. The summed E-state index contributed by atoms with van der Waals surface area (Å²) >= 11 is 5.62. The van der Waals surface area contributed by atoms with Crippen LogP contribution in [0.5, 0.6) is 0 Å². The average molecular weight is 447 g/mol. The van der Waals surface area contributed by atoms with E-state index >= 15 is 0 Å². The van der Waals surface area contributed by atoms with E-state index in [4.69, 9.17) is 21.1 Å². The number of benzene rings is 1. The van der Waals surface area contributed by atoms with Crippen LogP contribution in [0.1, 0.15) is 60.3 Å². The second kappa shape index (κ2) is 9.32. The van der Waals surface area contributed by atoms with Gasteiger partial charge in [0.15, 0.2) is 0 Å². The van der Waals surface area contributed by atoms with Gasteiger partial charge in [-0.2, -0.15) is 0 Å². The summed E-state index contributed by atoms with van der Waals surface area (Å²) in [7, 11) is -3.64. The van der Waals surface area contributed by atoms with E-state index < -0.39 is 33.7 Å². The first-order chi connectivity index (χ1) is 13.4. The fourth-order valence-electron chi connectivity index (χ4n) is 2.98. The summed E-state index contributed by atoms with van der Waals surface area (Å²) in [6, 6.07) is 2.54. The molecule has 2 N–H and O–H groups in total. The molecule has 1 aromatic carbocycles. The van der Waals surface area contributed by atoms with Crippen molar-refractivity contribution < 1.29 is 27.5 Å². The first-order valence-corrected chi connectivity index (χ1v) is 11.4. The van der Waals surface area contributed by atoms with Crippen molar-refractivity contribution in [3.8, 4) is 0 Å². The summed E-state index contributed by atoms with van der Waals surface area (Å²) < 4.78 is 37.8. The van der Waals surface area contributed by atoms with Gasteiger partial charge in [0, 0.05) is 18.0 Å². The normalized spacial score (nSPS) is 14.9. The zero-order valence-corrected chi connectivity index (χ0v) is 18.6. The van der Waals surface area contributed by atoms with E-state index in [1.54, 1.807) is 39.8 Å². The van der Waals surface area contributed by atoms with Crippen LogP contribution in [0.3, 0.4) is 0 Å².